The zero-order valence-electron chi connectivity index (χ0n) is 13.3. The van der Waals surface area contributed by atoms with Crippen LogP contribution in [0.1, 0.15) is 17.9 Å². The first-order chi connectivity index (χ1) is 11.6. The number of cyclic esters (lactones) is 1. The molecule has 0 bridgehead atoms. The topological polar surface area (TPSA) is 97.0 Å². The van der Waals surface area contributed by atoms with E-state index in [1.165, 1.54) is 4.90 Å². The van der Waals surface area contributed by atoms with Crippen LogP contribution in [0, 0.1) is 0 Å². The predicted octanol–water partition coefficient (Wildman–Crippen LogP) is 0.689. The second kappa shape index (κ2) is 6.77. The number of methoxy groups -OCH3 is 1. The van der Waals surface area contributed by atoms with E-state index >= 15 is 0 Å². The summed E-state index contributed by atoms with van der Waals surface area (Å²) in [5.74, 6) is -0.389. The summed E-state index contributed by atoms with van der Waals surface area (Å²) in [6.45, 7) is 1.60. The Morgan fingerprint density at radius 1 is 1.46 bits per heavy atom. The minimum atomic E-state index is -0.575. The number of benzene rings is 1. The third kappa shape index (κ3) is 3.27. The molecule has 24 heavy (non-hydrogen) atoms. The summed E-state index contributed by atoms with van der Waals surface area (Å²) < 4.78 is 10.0. The fourth-order valence-corrected chi connectivity index (χ4v) is 2.87. The lowest BCUT2D eigenvalue weighted by molar-refractivity contribution is -0.126. The van der Waals surface area contributed by atoms with Gasteiger partial charge in [0.1, 0.15) is 12.4 Å². The molecule has 1 fully saturated rings. The van der Waals surface area contributed by atoms with Crippen LogP contribution in [0.15, 0.2) is 18.2 Å². The van der Waals surface area contributed by atoms with Gasteiger partial charge in [0.25, 0.3) is 0 Å². The van der Waals surface area contributed by atoms with Gasteiger partial charge < -0.3 is 25.0 Å². The number of ether oxygens (including phenoxy) is 2. The van der Waals surface area contributed by atoms with E-state index in [0.29, 0.717) is 37.7 Å². The Bertz CT molecular complexity index is 676. The molecule has 3 amide bonds. The Labute approximate surface area is 139 Å². The molecule has 0 saturated carbocycles. The van der Waals surface area contributed by atoms with Crippen molar-refractivity contribution in [2.45, 2.75) is 12.3 Å². The summed E-state index contributed by atoms with van der Waals surface area (Å²) in [5.41, 5.74) is 1.35. The van der Waals surface area contributed by atoms with Gasteiger partial charge in [0, 0.05) is 25.2 Å². The zero-order valence-corrected chi connectivity index (χ0v) is 13.3. The number of nitrogens with one attached hydrogen (secondary N) is 2. The molecule has 2 N–H and O–H groups in total. The van der Waals surface area contributed by atoms with E-state index in [1.807, 2.05) is 0 Å². The molecule has 8 nitrogen and oxygen atoms in total. The lowest BCUT2D eigenvalue weighted by Crippen LogP contribution is -2.39. The van der Waals surface area contributed by atoms with Crippen molar-refractivity contribution in [2.24, 2.45) is 0 Å². The Hall–Kier alpha value is -2.77. The van der Waals surface area contributed by atoms with E-state index in [1.54, 1.807) is 25.3 Å². The molecule has 1 atom stereocenters. The maximum atomic E-state index is 12.5. The number of rotatable bonds is 5. The standard InChI is InChI=1S/C16H19N3O5/c1-23-10-2-3-13-11(8-10)12(9-14(20)18-13)15(21)17-4-5-19-6-7-24-16(19)22/h2-3,8,12H,4-7,9H2,1H3,(H,17,21)(H,18,20)/t12-/m0/s1. The summed E-state index contributed by atoms with van der Waals surface area (Å²) in [4.78, 5) is 37.2. The predicted molar refractivity (Wildman–Crippen MR) is 84.9 cm³/mol. The van der Waals surface area contributed by atoms with Gasteiger partial charge in [0.05, 0.1) is 19.6 Å². The Morgan fingerprint density at radius 3 is 3.00 bits per heavy atom. The average molecular weight is 333 g/mol. The largest absolute Gasteiger partial charge is 0.497 e. The van der Waals surface area contributed by atoms with Crippen LogP contribution in [0.25, 0.3) is 0 Å². The van der Waals surface area contributed by atoms with Crippen molar-refractivity contribution >= 4 is 23.6 Å². The van der Waals surface area contributed by atoms with Gasteiger partial charge in [-0.25, -0.2) is 4.79 Å². The van der Waals surface area contributed by atoms with Gasteiger partial charge in [-0.1, -0.05) is 0 Å². The van der Waals surface area contributed by atoms with Crippen LogP contribution < -0.4 is 15.4 Å². The fourth-order valence-electron chi connectivity index (χ4n) is 2.87. The SMILES string of the molecule is COc1ccc2c(c1)[C@@H](C(=O)NCCN1CCOC1=O)CC(=O)N2. The van der Waals surface area contributed by atoms with Crippen LogP contribution in [0.3, 0.4) is 0 Å². The Morgan fingerprint density at radius 2 is 2.29 bits per heavy atom. The van der Waals surface area contributed by atoms with Gasteiger partial charge in [-0.3, -0.25) is 9.59 Å². The normalized spacial score (nSPS) is 19.4. The van der Waals surface area contributed by atoms with Gasteiger partial charge in [-0.05, 0) is 23.8 Å². The van der Waals surface area contributed by atoms with Crippen LogP contribution >= 0.6 is 0 Å². The molecule has 0 aliphatic carbocycles. The van der Waals surface area contributed by atoms with E-state index in [4.69, 9.17) is 9.47 Å². The average Bonchev–Trinajstić information content (AvgIpc) is 2.98. The highest BCUT2D eigenvalue weighted by atomic mass is 16.6. The number of carbonyl (C=O) groups is 3. The van der Waals surface area contributed by atoms with E-state index in [2.05, 4.69) is 10.6 Å². The highest BCUT2D eigenvalue weighted by Gasteiger charge is 2.31. The van der Waals surface area contributed by atoms with Gasteiger partial charge in [0.15, 0.2) is 0 Å². The summed E-state index contributed by atoms with van der Waals surface area (Å²) in [6, 6.07) is 5.22. The van der Waals surface area contributed by atoms with E-state index < -0.39 is 5.92 Å². The van der Waals surface area contributed by atoms with Gasteiger partial charge in [-0.2, -0.15) is 0 Å². The second-order valence-electron chi connectivity index (χ2n) is 5.65. The maximum absolute atomic E-state index is 12.5. The number of amides is 3. The molecule has 8 heteroatoms. The van der Waals surface area contributed by atoms with Crippen molar-refractivity contribution in [3.63, 3.8) is 0 Å². The van der Waals surface area contributed by atoms with E-state index in [-0.39, 0.29) is 24.3 Å². The van der Waals surface area contributed by atoms with Crippen LogP contribution in [-0.2, 0) is 14.3 Å². The van der Waals surface area contributed by atoms with Crippen LogP contribution in [0.4, 0.5) is 10.5 Å². The molecule has 1 aromatic rings. The molecule has 1 saturated heterocycles. The molecule has 0 aromatic heterocycles. The van der Waals surface area contributed by atoms with Crippen molar-refractivity contribution < 1.29 is 23.9 Å². The number of hydrogen-bond donors (Lipinski definition) is 2. The fraction of sp³-hybridized carbons (Fsp3) is 0.438. The highest BCUT2D eigenvalue weighted by molar-refractivity contribution is 6.01. The van der Waals surface area contributed by atoms with Gasteiger partial charge in [-0.15, -0.1) is 0 Å². The highest BCUT2D eigenvalue weighted by Crippen LogP contribution is 2.34. The molecule has 0 spiro atoms. The van der Waals surface area contributed by atoms with E-state index in [9.17, 15) is 14.4 Å². The number of fused-ring (bicyclic) bond motifs is 1. The lowest BCUT2D eigenvalue weighted by atomic mass is 9.89. The third-order valence-electron chi connectivity index (χ3n) is 4.14. The molecule has 1 aromatic carbocycles. The van der Waals surface area contributed by atoms with Crippen molar-refractivity contribution in [1.82, 2.24) is 10.2 Å². The number of hydrogen-bond acceptors (Lipinski definition) is 5. The lowest BCUT2D eigenvalue weighted by Gasteiger charge is -2.25. The summed E-state index contributed by atoms with van der Waals surface area (Å²) >= 11 is 0. The molecule has 3 rings (SSSR count). The minimum Gasteiger partial charge on any atom is -0.497 e. The Balaban J connectivity index is 1.66. The summed E-state index contributed by atoms with van der Waals surface area (Å²) in [5, 5.41) is 5.55. The second-order valence-corrected chi connectivity index (χ2v) is 5.65. The first-order valence-electron chi connectivity index (χ1n) is 7.75. The summed E-state index contributed by atoms with van der Waals surface area (Å²) in [7, 11) is 1.55. The maximum Gasteiger partial charge on any atom is 0.409 e. The number of anilines is 1. The number of carbonyl (C=O) groups excluding carboxylic acids is 3. The smallest absolute Gasteiger partial charge is 0.409 e. The van der Waals surface area contributed by atoms with Gasteiger partial charge >= 0.3 is 6.09 Å². The third-order valence-corrected chi connectivity index (χ3v) is 4.14. The first kappa shape index (κ1) is 16.1. The molecular formula is C16H19N3O5. The first-order valence-corrected chi connectivity index (χ1v) is 7.75. The molecule has 0 unspecified atom stereocenters. The molecular weight excluding hydrogens is 314 g/mol. The van der Waals surface area contributed by atoms with Crippen molar-refractivity contribution in [3.05, 3.63) is 23.8 Å². The van der Waals surface area contributed by atoms with Crippen LogP contribution in [0.5, 0.6) is 5.75 Å². The quantitative estimate of drug-likeness (QED) is 0.826. The molecule has 2 aliphatic rings. The monoisotopic (exact) mass is 333 g/mol. The molecule has 128 valence electrons. The van der Waals surface area contributed by atoms with Crippen molar-refractivity contribution in [2.75, 3.05) is 38.7 Å². The van der Waals surface area contributed by atoms with Crippen LogP contribution in [-0.4, -0.2) is 56.2 Å². The van der Waals surface area contributed by atoms with Crippen LogP contribution in [0.2, 0.25) is 0 Å². The summed E-state index contributed by atoms with van der Waals surface area (Å²) in [6.07, 6.45) is -0.283. The van der Waals surface area contributed by atoms with E-state index in [0.717, 1.165) is 5.56 Å². The molecule has 0 radical (unpaired) electrons. The Kier molecular flexibility index (Phi) is 4.54. The van der Waals surface area contributed by atoms with Gasteiger partial charge in [0.2, 0.25) is 11.8 Å². The van der Waals surface area contributed by atoms with Crippen molar-refractivity contribution in [3.8, 4) is 5.75 Å². The number of nitrogens with zero attached hydrogens (tertiary/aromatic N) is 1. The zero-order chi connectivity index (χ0) is 17.1. The van der Waals surface area contributed by atoms with Crippen molar-refractivity contribution in [1.29, 1.82) is 0 Å². The molecule has 2 heterocycles. The molecule has 2 aliphatic heterocycles. The minimum absolute atomic E-state index is 0.0811.